The number of primary amides is 1. The number of amides is 2. The summed E-state index contributed by atoms with van der Waals surface area (Å²) in [7, 11) is -3.86. The number of anilines is 1. The minimum Gasteiger partial charge on any atom is -0.398 e. The van der Waals surface area contributed by atoms with Crippen molar-refractivity contribution in [3.05, 3.63) is 89.2 Å². The number of primary sulfonamides is 1. The second kappa shape index (κ2) is 10.3. The number of carbonyl (C=O) groups excluding carboxylic acids is 2. The van der Waals surface area contributed by atoms with Gasteiger partial charge in [0.25, 0.3) is 5.91 Å². The van der Waals surface area contributed by atoms with Crippen LogP contribution in [0.3, 0.4) is 0 Å². The number of nitrogens with one attached hydrogen (secondary N) is 1. The molecule has 34 heavy (non-hydrogen) atoms. The van der Waals surface area contributed by atoms with Crippen LogP contribution in [0, 0.1) is 5.82 Å². The molecule has 0 spiro atoms. The fourth-order valence-electron chi connectivity index (χ4n) is 3.25. The monoisotopic (exact) mass is 482 g/mol. The van der Waals surface area contributed by atoms with Gasteiger partial charge in [-0.1, -0.05) is 24.3 Å². The molecule has 0 heterocycles. The molecule has 3 aromatic carbocycles. The zero-order valence-corrected chi connectivity index (χ0v) is 18.8. The lowest BCUT2D eigenvalue weighted by Crippen LogP contribution is -2.23. The van der Waals surface area contributed by atoms with Gasteiger partial charge in [0, 0.05) is 18.2 Å². The Labute approximate surface area is 196 Å². The number of nitrogens with two attached hydrogens (primary N) is 3. The summed E-state index contributed by atoms with van der Waals surface area (Å²) >= 11 is 0. The van der Waals surface area contributed by atoms with Crippen LogP contribution in [0.5, 0.6) is 0 Å². The van der Waals surface area contributed by atoms with Gasteiger partial charge in [0.1, 0.15) is 5.82 Å². The molecule has 7 N–H and O–H groups in total. The van der Waals surface area contributed by atoms with E-state index in [4.69, 9.17) is 16.6 Å². The lowest BCUT2D eigenvalue weighted by Gasteiger charge is -2.12. The minimum absolute atomic E-state index is 0.0596. The summed E-state index contributed by atoms with van der Waals surface area (Å²) in [4.78, 5) is 24.0. The van der Waals surface area contributed by atoms with E-state index in [2.05, 4.69) is 5.32 Å². The highest BCUT2D eigenvalue weighted by atomic mass is 32.2. The third-order valence-corrected chi connectivity index (χ3v) is 5.94. The SMILES string of the molecule is NC(=O)c1cc(C=CC(=O)NCCc2ccc(F)cc2)cc(-c2ccc(S(N)(=O)=O)cc2)c1N. The van der Waals surface area contributed by atoms with Gasteiger partial charge in [-0.25, -0.2) is 17.9 Å². The van der Waals surface area contributed by atoms with E-state index in [1.807, 2.05) is 0 Å². The minimum atomic E-state index is -3.86. The van der Waals surface area contributed by atoms with E-state index in [1.165, 1.54) is 54.6 Å². The first-order valence-electron chi connectivity index (χ1n) is 10.1. The Bertz CT molecular complexity index is 1350. The van der Waals surface area contributed by atoms with Crippen LogP contribution in [0.2, 0.25) is 0 Å². The summed E-state index contributed by atoms with van der Waals surface area (Å²) in [6.07, 6.45) is 3.34. The lowest BCUT2D eigenvalue weighted by atomic mass is 9.96. The molecule has 8 nitrogen and oxygen atoms in total. The largest absolute Gasteiger partial charge is 0.398 e. The second-order valence-electron chi connectivity index (χ2n) is 7.46. The lowest BCUT2D eigenvalue weighted by molar-refractivity contribution is -0.116. The van der Waals surface area contributed by atoms with Crippen molar-refractivity contribution in [2.24, 2.45) is 10.9 Å². The van der Waals surface area contributed by atoms with E-state index in [9.17, 15) is 22.4 Å². The van der Waals surface area contributed by atoms with Gasteiger partial charge in [0.15, 0.2) is 0 Å². The first kappa shape index (κ1) is 24.6. The second-order valence-corrected chi connectivity index (χ2v) is 9.03. The molecule has 0 aliphatic heterocycles. The fraction of sp³-hybridized carbons (Fsp3) is 0.0833. The quantitative estimate of drug-likeness (QED) is 0.286. The highest BCUT2D eigenvalue weighted by Crippen LogP contribution is 2.31. The number of hydrogen-bond donors (Lipinski definition) is 4. The van der Waals surface area contributed by atoms with Gasteiger partial charge >= 0.3 is 0 Å². The molecule has 2 amide bonds. The topological polar surface area (TPSA) is 158 Å². The zero-order chi connectivity index (χ0) is 24.9. The Kier molecular flexibility index (Phi) is 7.44. The first-order valence-corrected chi connectivity index (χ1v) is 11.7. The van der Waals surface area contributed by atoms with Crippen LogP contribution in [-0.2, 0) is 21.2 Å². The van der Waals surface area contributed by atoms with E-state index < -0.39 is 15.9 Å². The van der Waals surface area contributed by atoms with Gasteiger partial charge < -0.3 is 16.8 Å². The molecule has 3 aromatic rings. The molecule has 0 aliphatic carbocycles. The van der Waals surface area contributed by atoms with Crippen molar-refractivity contribution in [2.75, 3.05) is 12.3 Å². The number of sulfonamides is 1. The number of halogens is 1. The van der Waals surface area contributed by atoms with Crippen LogP contribution in [-0.4, -0.2) is 26.8 Å². The summed E-state index contributed by atoms with van der Waals surface area (Å²) in [5.41, 5.74) is 14.1. The van der Waals surface area contributed by atoms with Crippen LogP contribution >= 0.6 is 0 Å². The Hall–Kier alpha value is -4.02. The Balaban J connectivity index is 1.79. The maximum absolute atomic E-state index is 13.0. The molecule has 3 rings (SSSR count). The molecule has 0 saturated carbocycles. The molecule has 0 atom stereocenters. The van der Waals surface area contributed by atoms with E-state index in [0.29, 0.717) is 29.7 Å². The third kappa shape index (κ3) is 6.27. The van der Waals surface area contributed by atoms with Gasteiger partial charge in [-0.15, -0.1) is 0 Å². The molecule has 0 radical (unpaired) electrons. The number of benzene rings is 3. The molecule has 0 unspecified atom stereocenters. The van der Waals surface area contributed by atoms with Gasteiger partial charge in [0.05, 0.1) is 16.1 Å². The fourth-order valence-corrected chi connectivity index (χ4v) is 3.77. The number of carbonyl (C=O) groups is 2. The molecule has 10 heteroatoms. The van der Waals surface area contributed by atoms with E-state index >= 15 is 0 Å². The summed E-state index contributed by atoms with van der Waals surface area (Å²) in [6.45, 7) is 0.352. The molecule has 0 aromatic heterocycles. The maximum Gasteiger partial charge on any atom is 0.250 e. The maximum atomic E-state index is 13.0. The normalized spacial score (nSPS) is 11.5. The average Bonchev–Trinajstić information content (AvgIpc) is 2.79. The van der Waals surface area contributed by atoms with E-state index in [0.717, 1.165) is 5.56 Å². The predicted octanol–water partition coefficient (Wildman–Crippen LogP) is 2.19. The summed E-state index contributed by atoms with van der Waals surface area (Å²) < 4.78 is 35.9. The standard InChI is InChI=1S/C24H23FN4O4S/c25-18-6-1-15(2-7-18)11-12-29-22(30)10-3-16-13-20(23(26)21(14-16)24(27)31)17-4-8-19(9-5-17)34(28,32)33/h1-10,13-14H,11-12,26H2,(H2,27,31)(H,29,30)(H2,28,32,33). The molecule has 0 bridgehead atoms. The summed E-state index contributed by atoms with van der Waals surface area (Å²) in [5.74, 6) is -1.44. The zero-order valence-electron chi connectivity index (χ0n) is 18.0. The van der Waals surface area contributed by atoms with Gasteiger partial charge in [-0.2, -0.15) is 0 Å². The molecule has 0 saturated heterocycles. The Morgan fingerprint density at radius 3 is 2.24 bits per heavy atom. The third-order valence-electron chi connectivity index (χ3n) is 5.01. The summed E-state index contributed by atoms with van der Waals surface area (Å²) in [6, 6.07) is 14.8. The van der Waals surface area contributed by atoms with Crippen LogP contribution in [0.15, 0.2) is 71.6 Å². The average molecular weight is 483 g/mol. The van der Waals surface area contributed by atoms with Crippen molar-refractivity contribution in [1.82, 2.24) is 5.32 Å². The number of nitrogen functional groups attached to an aromatic ring is 1. The first-order chi connectivity index (χ1) is 16.0. The van der Waals surface area contributed by atoms with Crippen LogP contribution in [0.25, 0.3) is 17.2 Å². The van der Waals surface area contributed by atoms with E-state index in [-0.39, 0.29) is 27.9 Å². The highest BCUT2D eigenvalue weighted by molar-refractivity contribution is 7.89. The van der Waals surface area contributed by atoms with Crippen molar-refractivity contribution in [2.45, 2.75) is 11.3 Å². The van der Waals surface area contributed by atoms with Crippen molar-refractivity contribution < 1.29 is 22.4 Å². The Morgan fingerprint density at radius 1 is 1.00 bits per heavy atom. The highest BCUT2D eigenvalue weighted by Gasteiger charge is 2.15. The molecule has 0 fully saturated rings. The van der Waals surface area contributed by atoms with Crippen LogP contribution in [0.4, 0.5) is 10.1 Å². The molecule has 0 aliphatic rings. The molecule has 176 valence electrons. The molecular formula is C24H23FN4O4S. The Morgan fingerprint density at radius 2 is 1.65 bits per heavy atom. The van der Waals surface area contributed by atoms with E-state index in [1.54, 1.807) is 18.2 Å². The van der Waals surface area contributed by atoms with Crippen molar-refractivity contribution in [3.63, 3.8) is 0 Å². The van der Waals surface area contributed by atoms with Gasteiger partial charge in [-0.05, 0) is 65.6 Å². The van der Waals surface area contributed by atoms with Crippen molar-refractivity contribution in [1.29, 1.82) is 0 Å². The van der Waals surface area contributed by atoms with Crippen LogP contribution in [0.1, 0.15) is 21.5 Å². The van der Waals surface area contributed by atoms with Crippen molar-refractivity contribution >= 4 is 33.6 Å². The van der Waals surface area contributed by atoms with Crippen molar-refractivity contribution in [3.8, 4) is 11.1 Å². The van der Waals surface area contributed by atoms with Gasteiger partial charge in [-0.3, -0.25) is 9.59 Å². The number of hydrogen-bond acceptors (Lipinski definition) is 5. The summed E-state index contributed by atoms with van der Waals surface area (Å²) in [5, 5.41) is 7.86. The smallest absolute Gasteiger partial charge is 0.250 e. The predicted molar refractivity (Wildman–Crippen MR) is 128 cm³/mol. The number of rotatable bonds is 8. The van der Waals surface area contributed by atoms with Gasteiger partial charge in [0.2, 0.25) is 15.9 Å². The molecular weight excluding hydrogens is 459 g/mol. The van der Waals surface area contributed by atoms with Crippen LogP contribution < -0.4 is 21.9 Å².